The molecule has 3 aliphatic heterocycles. The number of aromatic nitrogens is 2. The van der Waals surface area contributed by atoms with Crippen LogP contribution in [0.5, 0.6) is 0 Å². The Morgan fingerprint density at radius 2 is 1.89 bits per heavy atom. The normalized spacial score (nSPS) is 29.6. The lowest BCUT2D eigenvalue weighted by Crippen LogP contribution is -2.48. The van der Waals surface area contributed by atoms with Gasteiger partial charge in [0.1, 0.15) is 5.82 Å². The van der Waals surface area contributed by atoms with Crippen LogP contribution in [0.4, 0.5) is 24.9 Å². The maximum absolute atomic E-state index is 13.5. The summed E-state index contributed by atoms with van der Waals surface area (Å²) in [6.45, 7) is 2.64. The molecule has 3 fully saturated rings. The molecular weight excluding hydrogens is 373 g/mol. The van der Waals surface area contributed by atoms with Crippen molar-refractivity contribution in [3.8, 4) is 0 Å². The van der Waals surface area contributed by atoms with E-state index in [9.17, 15) is 18.0 Å². The Balaban J connectivity index is 1.62. The van der Waals surface area contributed by atoms with Crippen LogP contribution in [0.15, 0.2) is 6.07 Å². The summed E-state index contributed by atoms with van der Waals surface area (Å²) in [6, 6.07) is 1.44. The minimum atomic E-state index is -4.51. The van der Waals surface area contributed by atoms with Crippen molar-refractivity contribution in [3.63, 3.8) is 0 Å². The van der Waals surface area contributed by atoms with E-state index in [0.717, 1.165) is 38.2 Å². The van der Waals surface area contributed by atoms with Gasteiger partial charge in [-0.2, -0.15) is 18.2 Å². The molecule has 1 aromatic heterocycles. The molecule has 3 saturated heterocycles. The molecule has 1 aromatic rings. The van der Waals surface area contributed by atoms with Gasteiger partial charge in [0.05, 0.1) is 7.11 Å². The highest BCUT2D eigenvalue weighted by Gasteiger charge is 2.44. The number of carbonyl (C=O) groups is 1. The molecule has 2 bridgehead atoms. The van der Waals surface area contributed by atoms with Gasteiger partial charge >= 0.3 is 12.1 Å². The maximum atomic E-state index is 13.5. The van der Waals surface area contributed by atoms with E-state index in [1.165, 1.54) is 7.11 Å². The van der Waals surface area contributed by atoms with Crippen molar-refractivity contribution < 1.29 is 22.7 Å². The Bertz CT molecular complexity index is 743. The summed E-state index contributed by atoms with van der Waals surface area (Å²) < 4.78 is 45.2. The number of hydrogen-bond acceptors (Lipinski definition) is 6. The van der Waals surface area contributed by atoms with Crippen LogP contribution in [0.3, 0.4) is 0 Å². The first-order chi connectivity index (χ1) is 13.3. The van der Waals surface area contributed by atoms with E-state index in [-0.39, 0.29) is 36.0 Å². The average molecular weight is 398 g/mol. The molecule has 3 atom stereocenters. The van der Waals surface area contributed by atoms with E-state index in [0.29, 0.717) is 18.8 Å². The molecule has 2 unspecified atom stereocenters. The summed E-state index contributed by atoms with van der Waals surface area (Å²) >= 11 is 0. The number of esters is 1. The highest BCUT2D eigenvalue weighted by molar-refractivity contribution is 5.69. The molecule has 4 heterocycles. The van der Waals surface area contributed by atoms with Gasteiger partial charge in [-0.1, -0.05) is 0 Å². The van der Waals surface area contributed by atoms with E-state index in [1.807, 2.05) is 16.7 Å². The van der Waals surface area contributed by atoms with Crippen LogP contribution in [0.25, 0.3) is 0 Å². The standard InChI is InChI=1S/C19H25F3N4O2/c1-11-5-6-25(11)18-23-15(19(20,21)22)10-16(24-18)26-13-3-4-14(26)8-12(7-13)9-17(27)28-2/h10-14H,3-9H2,1-2H3/t11-,12?,13?,14?/m0/s1. The van der Waals surface area contributed by atoms with Crippen molar-refractivity contribution >= 4 is 17.7 Å². The zero-order valence-electron chi connectivity index (χ0n) is 16.1. The van der Waals surface area contributed by atoms with Crippen molar-refractivity contribution in [2.75, 3.05) is 23.5 Å². The Morgan fingerprint density at radius 1 is 1.21 bits per heavy atom. The fourth-order valence-corrected chi connectivity index (χ4v) is 4.79. The van der Waals surface area contributed by atoms with Crippen LogP contribution in [-0.2, 0) is 15.7 Å². The Hall–Kier alpha value is -2.06. The minimum absolute atomic E-state index is 0.103. The third kappa shape index (κ3) is 3.51. The van der Waals surface area contributed by atoms with Crippen LogP contribution in [0, 0.1) is 5.92 Å². The number of anilines is 2. The molecular formula is C19H25F3N4O2. The number of carbonyl (C=O) groups excluding carboxylic acids is 1. The molecule has 0 amide bonds. The zero-order chi connectivity index (χ0) is 20.1. The maximum Gasteiger partial charge on any atom is 0.433 e. The van der Waals surface area contributed by atoms with Gasteiger partial charge in [0, 0.05) is 37.2 Å². The molecule has 0 radical (unpaired) electrons. The fraction of sp³-hybridized carbons (Fsp3) is 0.737. The zero-order valence-corrected chi connectivity index (χ0v) is 16.1. The number of fused-ring (bicyclic) bond motifs is 2. The largest absolute Gasteiger partial charge is 0.469 e. The molecule has 3 aliphatic rings. The Labute approximate surface area is 162 Å². The quantitative estimate of drug-likeness (QED) is 0.725. The number of piperidine rings is 1. The topological polar surface area (TPSA) is 58.6 Å². The van der Waals surface area contributed by atoms with Gasteiger partial charge in [0.25, 0.3) is 0 Å². The number of ether oxygens (including phenoxy) is 1. The Kier molecular flexibility index (Phi) is 4.87. The molecule has 0 spiro atoms. The molecule has 0 aliphatic carbocycles. The van der Waals surface area contributed by atoms with Crippen molar-refractivity contribution in [3.05, 3.63) is 11.8 Å². The highest BCUT2D eigenvalue weighted by atomic mass is 19.4. The van der Waals surface area contributed by atoms with E-state index in [2.05, 4.69) is 9.97 Å². The summed E-state index contributed by atoms with van der Waals surface area (Å²) in [5.74, 6) is 0.508. The number of alkyl halides is 3. The van der Waals surface area contributed by atoms with E-state index in [4.69, 9.17) is 4.74 Å². The third-order valence-electron chi connectivity index (χ3n) is 6.35. The van der Waals surface area contributed by atoms with Crippen LogP contribution >= 0.6 is 0 Å². The molecule has 154 valence electrons. The van der Waals surface area contributed by atoms with Gasteiger partial charge in [0.15, 0.2) is 5.69 Å². The van der Waals surface area contributed by atoms with Crippen LogP contribution in [0.2, 0.25) is 0 Å². The predicted octanol–water partition coefficient (Wildman–Crippen LogP) is 3.40. The Morgan fingerprint density at radius 3 is 2.39 bits per heavy atom. The van der Waals surface area contributed by atoms with Crippen molar-refractivity contribution in [1.82, 2.24) is 9.97 Å². The molecule has 0 aromatic carbocycles. The number of hydrogen-bond donors (Lipinski definition) is 0. The van der Waals surface area contributed by atoms with Gasteiger partial charge in [-0.15, -0.1) is 0 Å². The molecule has 4 rings (SSSR count). The van der Waals surface area contributed by atoms with E-state index >= 15 is 0 Å². The fourth-order valence-electron chi connectivity index (χ4n) is 4.79. The molecule has 9 heteroatoms. The SMILES string of the molecule is COC(=O)CC1CC2CCC(C1)N2c1cc(C(F)(F)F)nc(N2CC[C@@H]2C)n1. The second-order valence-corrected chi connectivity index (χ2v) is 8.15. The lowest BCUT2D eigenvalue weighted by Gasteiger charge is -2.42. The van der Waals surface area contributed by atoms with Crippen molar-refractivity contribution in [1.29, 1.82) is 0 Å². The first-order valence-electron chi connectivity index (χ1n) is 9.84. The number of halogens is 3. The molecule has 0 N–H and O–H groups in total. The van der Waals surface area contributed by atoms with Crippen molar-refractivity contribution in [2.24, 2.45) is 5.92 Å². The number of rotatable bonds is 4. The van der Waals surface area contributed by atoms with Gasteiger partial charge in [0.2, 0.25) is 5.95 Å². The highest BCUT2D eigenvalue weighted by Crippen LogP contribution is 2.43. The predicted molar refractivity (Wildman–Crippen MR) is 97.1 cm³/mol. The first kappa shape index (κ1) is 19.3. The van der Waals surface area contributed by atoms with E-state index in [1.54, 1.807) is 0 Å². The summed E-state index contributed by atoms with van der Waals surface area (Å²) in [5.41, 5.74) is -0.886. The molecule has 6 nitrogen and oxygen atoms in total. The van der Waals surface area contributed by atoms with Gasteiger partial charge in [-0.05, 0) is 44.9 Å². The number of nitrogens with zero attached hydrogens (tertiary/aromatic N) is 4. The van der Waals surface area contributed by atoms with E-state index < -0.39 is 11.9 Å². The van der Waals surface area contributed by atoms with Crippen LogP contribution in [0.1, 0.15) is 51.1 Å². The number of methoxy groups -OCH3 is 1. The van der Waals surface area contributed by atoms with Crippen molar-refractivity contribution in [2.45, 2.75) is 69.8 Å². The summed E-state index contributed by atoms with van der Waals surface area (Å²) in [4.78, 5) is 23.8. The molecule has 0 saturated carbocycles. The lowest BCUT2D eigenvalue weighted by molar-refractivity contribution is -0.142. The monoisotopic (exact) mass is 398 g/mol. The summed E-state index contributed by atoms with van der Waals surface area (Å²) in [7, 11) is 1.38. The van der Waals surface area contributed by atoms with Gasteiger partial charge in [-0.25, -0.2) is 4.98 Å². The van der Waals surface area contributed by atoms with Gasteiger partial charge in [-0.3, -0.25) is 4.79 Å². The van der Waals surface area contributed by atoms with Crippen LogP contribution in [-0.4, -0.2) is 47.7 Å². The molecule has 28 heavy (non-hydrogen) atoms. The minimum Gasteiger partial charge on any atom is -0.469 e. The first-order valence-corrected chi connectivity index (χ1v) is 9.84. The summed E-state index contributed by atoms with van der Waals surface area (Å²) in [5, 5.41) is 0. The van der Waals surface area contributed by atoms with Crippen LogP contribution < -0.4 is 9.80 Å². The smallest absolute Gasteiger partial charge is 0.433 e. The summed E-state index contributed by atoms with van der Waals surface area (Å²) in [6.07, 6.45) is 0.137. The second-order valence-electron chi connectivity index (χ2n) is 8.15. The van der Waals surface area contributed by atoms with Gasteiger partial charge < -0.3 is 14.5 Å². The average Bonchev–Trinajstić information content (AvgIpc) is 2.90. The third-order valence-corrected chi connectivity index (χ3v) is 6.35. The second kappa shape index (κ2) is 7.08. The lowest BCUT2D eigenvalue weighted by atomic mass is 9.88.